The number of carbonyl (C=O) groups is 1. The number of methoxy groups -OCH3 is 1. The number of hydrogen-bond donors (Lipinski definition) is 0. The van der Waals surface area contributed by atoms with Gasteiger partial charge in [0.2, 0.25) is 5.91 Å². The highest BCUT2D eigenvalue weighted by atomic mass is 35.5. The van der Waals surface area contributed by atoms with Crippen LogP contribution in [0, 0.1) is 0 Å². The second kappa shape index (κ2) is 7.08. The van der Waals surface area contributed by atoms with Crippen LogP contribution >= 0.6 is 11.6 Å². The van der Waals surface area contributed by atoms with Gasteiger partial charge in [-0.3, -0.25) is 4.79 Å². The summed E-state index contributed by atoms with van der Waals surface area (Å²) in [6, 6.07) is 13.3. The minimum atomic E-state index is -0.00730. The molecule has 2 heterocycles. The number of anilines is 1. The topological polar surface area (TPSA) is 47.4 Å². The minimum Gasteiger partial charge on any atom is -0.497 e. The molecule has 0 aliphatic carbocycles. The van der Waals surface area contributed by atoms with Crippen molar-refractivity contribution in [3.63, 3.8) is 0 Å². The Morgan fingerprint density at radius 3 is 2.93 bits per heavy atom. The predicted molar refractivity (Wildman–Crippen MR) is 108 cm³/mol. The smallest absolute Gasteiger partial charge is 0.227 e. The average molecular weight is 382 g/mol. The highest BCUT2D eigenvalue weighted by molar-refractivity contribution is 6.34. The second-order valence-electron chi connectivity index (χ2n) is 6.58. The maximum absolute atomic E-state index is 12.8. The van der Waals surface area contributed by atoms with Crippen LogP contribution < -0.4 is 9.64 Å². The van der Waals surface area contributed by atoms with Gasteiger partial charge in [-0.2, -0.15) is 0 Å². The lowest BCUT2D eigenvalue weighted by molar-refractivity contribution is -0.117. The Balaban J connectivity index is 1.72. The van der Waals surface area contributed by atoms with Crippen molar-refractivity contribution in [3.8, 4) is 5.75 Å². The molecular weight excluding hydrogens is 362 g/mol. The Labute approximate surface area is 162 Å². The van der Waals surface area contributed by atoms with Gasteiger partial charge in [0.25, 0.3) is 0 Å². The highest BCUT2D eigenvalue weighted by Crippen LogP contribution is 2.37. The number of nitrogens with zero attached hydrogens (tertiary/aromatic N) is 3. The molecular formula is C21H20ClN3O2. The first-order valence-corrected chi connectivity index (χ1v) is 9.20. The standard InChI is InChI=1S/C21H20ClN3O2/c1-3-10-24-18-7-5-4-6-17(18)23-21(24)14-11-20(26)25(13-14)19-12-15(27-2)8-9-16(19)22/h3-9,12,14H,1,10-11,13H2,2H3/t14-/m1/s1. The van der Waals surface area contributed by atoms with Crippen LogP contribution in [0.5, 0.6) is 5.75 Å². The maximum atomic E-state index is 12.8. The SMILES string of the molecule is C=CCn1c([C@@H]2CC(=O)N(c3cc(OC)ccc3Cl)C2)nc2ccccc21. The van der Waals surface area contributed by atoms with E-state index < -0.39 is 0 Å². The fourth-order valence-corrected chi connectivity index (χ4v) is 3.89. The van der Waals surface area contributed by atoms with Crippen LogP contribution in [0.2, 0.25) is 5.02 Å². The molecule has 1 atom stereocenters. The monoisotopic (exact) mass is 381 g/mol. The molecule has 1 saturated heterocycles. The lowest BCUT2D eigenvalue weighted by atomic mass is 10.1. The molecule has 5 nitrogen and oxygen atoms in total. The molecule has 0 unspecified atom stereocenters. The van der Waals surface area contributed by atoms with E-state index in [2.05, 4.69) is 11.1 Å². The Morgan fingerprint density at radius 2 is 2.15 bits per heavy atom. The van der Waals surface area contributed by atoms with Crippen LogP contribution in [0.1, 0.15) is 18.2 Å². The van der Waals surface area contributed by atoms with E-state index in [1.807, 2.05) is 30.3 Å². The average Bonchev–Trinajstić information content (AvgIpc) is 3.23. The number of benzene rings is 2. The zero-order valence-corrected chi connectivity index (χ0v) is 15.8. The fourth-order valence-electron chi connectivity index (χ4n) is 3.67. The van der Waals surface area contributed by atoms with Gasteiger partial charge in [0.05, 0.1) is 28.9 Å². The van der Waals surface area contributed by atoms with Gasteiger partial charge >= 0.3 is 0 Å². The number of allylic oxidation sites excluding steroid dienone is 1. The molecule has 0 N–H and O–H groups in total. The molecule has 1 aliphatic heterocycles. The summed E-state index contributed by atoms with van der Waals surface area (Å²) in [6.45, 7) is 5.05. The van der Waals surface area contributed by atoms with Crippen molar-refractivity contribution in [1.29, 1.82) is 0 Å². The van der Waals surface area contributed by atoms with Crippen molar-refractivity contribution in [2.24, 2.45) is 0 Å². The predicted octanol–water partition coefficient (Wildman–Crippen LogP) is 4.40. The molecule has 1 aliphatic rings. The van der Waals surface area contributed by atoms with Crippen molar-refractivity contribution < 1.29 is 9.53 Å². The van der Waals surface area contributed by atoms with E-state index in [0.717, 1.165) is 16.9 Å². The molecule has 2 aromatic carbocycles. The van der Waals surface area contributed by atoms with Gasteiger partial charge in [0, 0.05) is 31.5 Å². The van der Waals surface area contributed by atoms with Crippen molar-refractivity contribution >= 4 is 34.2 Å². The van der Waals surface area contributed by atoms with Gasteiger partial charge in [0.1, 0.15) is 11.6 Å². The minimum absolute atomic E-state index is 0.00730. The molecule has 27 heavy (non-hydrogen) atoms. The first-order valence-electron chi connectivity index (χ1n) is 8.82. The Morgan fingerprint density at radius 1 is 1.33 bits per heavy atom. The van der Waals surface area contributed by atoms with Crippen molar-refractivity contribution in [1.82, 2.24) is 9.55 Å². The number of aromatic nitrogens is 2. The second-order valence-corrected chi connectivity index (χ2v) is 6.99. The lowest BCUT2D eigenvalue weighted by Crippen LogP contribution is -2.25. The Hall–Kier alpha value is -2.79. The van der Waals surface area contributed by atoms with Gasteiger partial charge in [-0.25, -0.2) is 4.98 Å². The number of ether oxygens (including phenoxy) is 1. The van der Waals surface area contributed by atoms with Gasteiger partial charge in [-0.05, 0) is 24.3 Å². The normalized spacial score (nSPS) is 16.9. The molecule has 6 heteroatoms. The highest BCUT2D eigenvalue weighted by Gasteiger charge is 2.35. The summed E-state index contributed by atoms with van der Waals surface area (Å²) in [4.78, 5) is 19.3. The number of halogens is 1. The molecule has 0 spiro atoms. The van der Waals surface area contributed by atoms with Crippen molar-refractivity contribution in [2.45, 2.75) is 18.9 Å². The number of amides is 1. The third kappa shape index (κ3) is 3.08. The summed E-state index contributed by atoms with van der Waals surface area (Å²) in [5.74, 6) is 1.61. The maximum Gasteiger partial charge on any atom is 0.227 e. The number of para-hydroxylation sites is 2. The van der Waals surface area contributed by atoms with Crippen molar-refractivity contribution in [3.05, 3.63) is 66.0 Å². The number of hydrogen-bond acceptors (Lipinski definition) is 3. The molecule has 0 bridgehead atoms. The Kier molecular flexibility index (Phi) is 4.62. The summed E-state index contributed by atoms with van der Waals surface area (Å²) in [5.41, 5.74) is 2.66. The summed E-state index contributed by atoms with van der Waals surface area (Å²) in [7, 11) is 1.60. The third-order valence-corrected chi connectivity index (χ3v) is 5.25. The summed E-state index contributed by atoms with van der Waals surface area (Å²) in [5, 5.41) is 0.532. The number of rotatable bonds is 5. The van der Waals surface area contributed by atoms with Crippen LogP contribution in [0.3, 0.4) is 0 Å². The zero-order valence-electron chi connectivity index (χ0n) is 15.1. The van der Waals surface area contributed by atoms with Crippen LogP contribution in [0.15, 0.2) is 55.1 Å². The van der Waals surface area contributed by atoms with Crippen LogP contribution in [0.4, 0.5) is 5.69 Å². The van der Waals surface area contributed by atoms with Crippen LogP contribution in [-0.4, -0.2) is 29.1 Å². The van der Waals surface area contributed by atoms with Gasteiger partial charge in [0.15, 0.2) is 0 Å². The summed E-state index contributed by atoms with van der Waals surface area (Å²) < 4.78 is 7.42. The number of imidazole rings is 1. The Bertz CT molecular complexity index is 1030. The molecule has 0 radical (unpaired) electrons. The fraction of sp³-hybridized carbons (Fsp3) is 0.238. The molecule has 3 aromatic rings. The molecule has 1 amide bonds. The molecule has 1 fully saturated rings. The third-order valence-electron chi connectivity index (χ3n) is 4.93. The first kappa shape index (κ1) is 17.6. The van der Waals surface area contributed by atoms with Crippen LogP contribution in [0.25, 0.3) is 11.0 Å². The van der Waals surface area contributed by atoms with E-state index in [-0.39, 0.29) is 11.8 Å². The van der Waals surface area contributed by atoms with E-state index in [1.165, 1.54) is 0 Å². The molecule has 1 aromatic heterocycles. The lowest BCUT2D eigenvalue weighted by Gasteiger charge is -2.19. The van der Waals surface area contributed by atoms with Gasteiger partial charge < -0.3 is 14.2 Å². The first-order chi connectivity index (χ1) is 13.1. The van der Waals surface area contributed by atoms with E-state index in [4.69, 9.17) is 21.3 Å². The van der Waals surface area contributed by atoms with Gasteiger partial charge in [-0.1, -0.05) is 29.8 Å². The number of fused-ring (bicyclic) bond motifs is 1. The van der Waals surface area contributed by atoms with E-state index in [0.29, 0.717) is 36.0 Å². The summed E-state index contributed by atoms with van der Waals surface area (Å²) >= 11 is 6.35. The van der Waals surface area contributed by atoms with Crippen molar-refractivity contribution in [2.75, 3.05) is 18.6 Å². The number of carbonyl (C=O) groups excluding carboxylic acids is 1. The van der Waals surface area contributed by atoms with E-state index in [1.54, 1.807) is 30.2 Å². The van der Waals surface area contributed by atoms with Gasteiger partial charge in [-0.15, -0.1) is 6.58 Å². The summed E-state index contributed by atoms with van der Waals surface area (Å²) in [6.07, 6.45) is 2.25. The van der Waals surface area contributed by atoms with Crippen LogP contribution in [-0.2, 0) is 11.3 Å². The quantitative estimate of drug-likeness (QED) is 0.615. The largest absolute Gasteiger partial charge is 0.497 e. The molecule has 138 valence electrons. The van der Waals surface area contributed by atoms with E-state index in [9.17, 15) is 4.79 Å². The zero-order chi connectivity index (χ0) is 19.0. The molecule has 4 rings (SSSR count). The van der Waals surface area contributed by atoms with E-state index >= 15 is 0 Å². The molecule has 0 saturated carbocycles.